The van der Waals surface area contributed by atoms with Gasteiger partial charge in [0.05, 0.1) is 45.6 Å². The highest BCUT2D eigenvalue weighted by atomic mass is 35.7. The molecule has 6 atom stereocenters. The Kier molecular flexibility index (Phi) is 113. The van der Waals surface area contributed by atoms with E-state index in [4.69, 9.17) is 93.1 Å². The smallest absolute Gasteiger partial charge is 0.338 e. The van der Waals surface area contributed by atoms with Crippen LogP contribution < -0.4 is 16.6 Å². The predicted molar refractivity (Wildman–Crippen MR) is 346 cm³/mol. The second-order valence-corrected chi connectivity index (χ2v) is 40.5. The van der Waals surface area contributed by atoms with Crippen molar-refractivity contribution in [3.8, 4) is 0 Å². The molecule has 23 N–H and O–H groups in total. The highest BCUT2D eigenvalue weighted by Crippen LogP contribution is 2.49. The summed E-state index contributed by atoms with van der Waals surface area (Å²) in [4.78, 5) is 128. The molecule has 0 aliphatic heterocycles. The van der Waals surface area contributed by atoms with Crippen LogP contribution in [0.3, 0.4) is 0 Å². The summed E-state index contributed by atoms with van der Waals surface area (Å²) in [5.41, 5.74) is 6.66. The fourth-order valence-electron chi connectivity index (χ4n) is 0.149. The maximum atomic E-state index is 10.3. The number of nitrogens with one attached hydrogen (secondary N) is 1. The third kappa shape index (κ3) is 306. The Balaban J connectivity index is -0.0000000465. The van der Waals surface area contributed by atoms with Gasteiger partial charge in [0, 0.05) is 99.7 Å². The number of alkyl halides is 2. The second-order valence-electron chi connectivity index (χ2n) is 10.7. The number of hydrogen-bond donors (Lipinski definition) is 24. The van der Waals surface area contributed by atoms with Crippen molar-refractivity contribution in [2.75, 3.05) is 124 Å². The number of thiol groups is 3. The number of halogens is 3. The van der Waals surface area contributed by atoms with Crippen LogP contribution in [-0.4, -0.2) is 235 Å². The topological polar surface area (TPSA) is 761 Å². The van der Waals surface area contributed by atoms with Gasteiger partial charge in [0.2, 0.25) is 12.1 Å². The molecule has 0 aromatic carbocycles. The average molecular weight is 1750 g/mol. The van der Waals surface area contributed by atoms with Crippen LogP contribution in [0.4, 0.5) is 8.78 Å². The lowest BCUT2D eigenvalue weighted by molar-refractivity contribution is 0.171. The molecule has 0 aliphatic carbocycles. The first-order valence-corrected chi connectivity index (χ1v) is 47.9. The van der Waals surface area contributed by atoms with E-state index in [1.807, 2.05) is 0 Å². The Morgan fingerprint density at radius 2 is 0.811 bits per heavy atom. The van der Waals surface area contributed by atoms with Crippen LogP contribution in [0, 0.1) is 0 Å². The standard InChI is InChI=1S/C2H4F2.C2H8NO3P.C2H7O4P.2C2H7O3P.C2H6O3S.CH4ClO3P.CH7NO2PS.CH5N.2CH5O4P.CH4O4S.CH5O3PS.CH3O3P.CH5O2PS2.CH3O2PS/c1-2(3)4;1-6-7(4,5)2-3;1-5-7(3,4)6-2;1-5-6(2,3)4;2*1-2-6(3,4)5;1-5-6(2,3)4;1-2-5(3,4)6;1-2;3*1-5-6(2,3)4;1-4-5(2,3)6;1-4-5(2)3;1-3-4(2,5)6;1-3-4(2)5/h2H,1H3;2-3H2,1H3,(H,4,5);1-2H3,(H,3,4);1-2H3,(H,3,4);2H2,1H3,(H2,3,4,5);2H2,1H3,(H,3,4,5);1H3,(H,3,4);2-4,6H,1H3;2H2,1H3;2*1H3,(H2,2,3,4);1H3,(H,2,3,4);1H3,(H2,2,3,6);1H3;1H3,(H2,2,5,6);1H3/q;;;;;;;+1;;;;;;;;/p+2. The zero-order valence-corrected chi connectivity index (χ0v) is 67.5. The summed E-state index contributed by atoms with van der Waals surface area (Å²) >= 11 is 23.2. The lowest BCUT2D eigenvalue weighted by atomic mass is 10.9. The zero-order chi connectivity index (χ0) is 78.0. The number of nitrogens with two attached hydrogens (primary N) is 2. The SMILES string of the molecule is CC(F)F.CCP(=O)(O)O.CCS(=O)(=O)O.CN.CN[P+](O)(O)S.COP(=O)(O)CN.COP(=O)(O)Cl.COP(=O)(O)O.COP(=O)(O)O.COP(=O)(O)OC.COP(C)(=O)O.COP(O)(=S)S.COP(O)(O)=S.COS(=O)(=O)O.CO[P+](=O)O.CO[P+](=O)S. The van der Waals surface area contributed by atoms with Crippen LogP contribution in [0.25, 0.3) is 0 Å². The van der Waals surface area contributed by atoms with E-state index in [1.165, 1.54) is 56.4 Å². The molecule has 0 saturated heterocycles. The first kappa shape index (κ1) is 133. The first-order valence-electron chi connectivity index (χ1n) is 19.6. The van der Waals surface area contributed by atoms with Crippen molar-refractivity contribution in [1.82, 2.24) is 5.09 Å². The number of phosphoric acid groups is 3. The summed E-state index contributed by atoms with van der Waals surface area (Å²) < 4.78 is 208. The quantitative estimate of drug-likeness (QED) is 0.0599. The van der Waals surface area contributed by atoms with Gasteiger partial charge < -0.3 is 97.7 Å². The molecule has 0 aromatic rings. The molecule has 0 amide bonds. The molecule has 568 valence electrons. The summed E-state index contributed by atoms with van der Waals surface area (Å²) in [5, 5.41) is 2.19. The molecule has 0 fully saturated rings. The molecule has 0 radical (unpaired) electrons. The maximum absolute atomic E-state index is 10.3. The molecular formula is C22H87ClF2N3O43P12S7+3. The second kappa shape index (κ2) is 76.5. The molecular weight excluding hydrogens is 1660 g/mol. The van der Waals surface area contributed by atoms with Crippen molar-refractivity contribution in [2.45, 2.75) is 27.2 Å². The third-order valence-corrected chi connectivity index (χ3v) is 15.2. The summed E-state index contributed by atoms with van der Waals surface area (Å²) in [5.74, 6) is -0.201. The molecule has 0 rings (SSSR count). The van der Waals surface area contributed by atoms with Gasteiger partial charge in [-0.3, -0.25) is 45.1 Å². The van der Waals surface area contributed by atoms with Crippen LogP contribution >= 0.6 is 136 Å². The Hall–Kier alpha value is 3.32. The Morgan fingerprint density at radius 3 is 0.811 bits per heavy atom. The highest BCUT2D eigenvalue weighted by molar-refractivity contribution is 8.59. The van der Waals surface area contributed by atoms with E-state index in [0.29, 0.717) is 0 Å². The van der Waals surface area contributed by atoms with Gasteiger partial charge in [-0.2, -0.15) is 26.6 Å². The number of rotatable bonds is 16. The lowest BCUT2D eigenvalue weighted by Crippen LogP contribution is -2.01. The van der Waals surface area contributed by atoms with E-state index < -0.39 is 115 Å². The normalized spacial score (nSPS) is 13.6. The van der Waals surface area contributed by atoms with Gasteiger partial charge in [-0.15, -0.1) is 19.0 Å². The van der Waals surface area contributed by atoms with Crippen molar-refractivity contribution >= 4 is 180 Å². The molecule has 0 spiro atoms. The Bertz CT molecular complexity index is 2000. The van der Waals surface area contributed by atoms with E-state index in [-0.39, 0.29) is 18.2 Å². The molecule has 0 aliphatic rings. The minimum atomic E-state index is -4.16. The summed E-state index contributed by atoms with van der Waals surface area (Å²) in [7, 11) is -20.6. The van der Waals surface area contributed by atoms with Crippen molar-refractivity contribution in [2.24, 2.45) is 11.5 Å². The summed E-state index contributed by atoms with van der Waals surface area (Å²) in [6, 6.07) is 0. The molecule has 0 bridgehead atoms. The van der Waals surface area contributed by atoms with Gasteiger partial charge in [0.1, 0.15) is 12.2 Å². The lowest BCUT2D eigenvalue weighted by Gasteiger charge is -2.01. The van der Waals surface area contributed by atoms with Gasteiger partial charge in [-0.25, -0.2) is 27.0 Å². The van der Waals surface area contributed by atoms with E-state index in [2.05, 4.69) is 136 Å². The molecule has 68 heteroatoms. The average Bonchev–Trinajstić information content (AvgIpc) is 3.39. The fourth-order valence-corrected chi connectivity index (χ4v) is 0.447. The van der Waals surface area contributed by atoms with Gasteiger partial charge in [-0.1, -0.05) is 19.2 Å². The van der Waals surface area contributed by atoms with Gasteiger partial charge in [0.15, 0.2) is 0 Å². The highest BCUT2D eigenvalue weighted by Gasteiger charge is 2.23. The van der Waals surface area contributed by atoms with Crippen LogP contribution in [0.15, 0.2) is 0 Å². The number of phosphoric ester groups is 3. The van der Waals surface area contributed by atoms with E-state index in [1.54, 1.807) is 0 Å². The molecule has 0 aromatic heterocycles. The fraction of sp³-hybridized carbons (Fsp3) is 1.00. The van der Waals surface area contributed by atoms with Crippen molar-refractivity contribution in [3.05, 3.63) is 0 Å². The van der Waals surface area contributed by atoms with Gasteiger partial charge in [-0.05, 0) is 49.1 Å². The zero-order valence-electron chi connectivity index (χ0n) is 50.1. The van der Waals surface area contributed by atoms with Crippen LogP contribution in [0.5, 0.6) is 0 Å². The predicted octanol–water partition coefficient (Wildman–Crippen LogP) is 3.27. The van der Waals surface area contributed by atoms with Crippen LogP contribution in [-0.2, 0) is 139 Å². The summed E-state index contributed by atoms with van der Waals surface area (Å²) in [6.45, 7) is -2.21. The third-order valence-electron chi connectivity index (χ3n) is 4.09. The van der Waals surface area contributed by atoms with Gasteiger partial charge >= 0.3 is 92.9 Å². The van der Waals surface area contributed by atoms with E-state index in [9.17, 15) is 66.7 Å². The Labute approximate surface area is 553 Å². The van der Waals surface area contributed by atoms with Crippen molar-refractivity contribution < 1.29 is 208 Å². The minimum Gasteiger partial charge on any atom is -0.338 e. The molecule has 46 nitrogen and oxygen atoms in total. The Morgan fingerprint density at radius 1 is 0.633 bits per heavy atom. The van der Waals surface area contributed by atoms with Crippen LogP contribution in [0.2, 0.25) is 0 Å². The molecule has 6 unspecified atom stereocenters. The van der Waals surface area contributed by atoms with Crippen molar-refractivity contribution in [1.29, 1.82) is 0 Å². The first-order chi connectivity index (χ1) is 39.1. The van der Waals surface area contributed by atoms with Crippen LogP contribution in [0.1, 0.15) is 20.8 Å². The maximum Gasteiger partial charge on any atom is 0.694 e. The number of hydrogen-bond acceptors (Lipinski definition) is 33. The van der Waals surface area contributed by atoms with E-state index in [0.717, 1.165) is 70.5 Å². The largest absolute Gasteiger partial charge is 0.694 e. The summed E-state index contributed by atoms with van der Waals surface area (Å²) in [6.07, 6.45) is -2.55. The molecule has 0 heterocycles. The monoisotopic (exact) mass is 1750 g/mol. The van der Waals surface area contributed by atoms with Gasteiger partial charge in [0.25, 0.3) is 10.1 Å². The van der Waals surface area contributed by atoms with Crippen molar-refractivity contribution in [3.63, 3.8) is 0 Å². The molecule has 90 heavy (non-hydrogen) atoms. The molecule has 0 saturated carbocycles. The van der Waals surface area contributed by atoms with E-state index >= 15 is 0 Å². The minimum absolute atomic E-state index is 0.0625.